The van der Waals surface area contributed by atoms with Crippen LogP contribution < -0.4 is 16.0 Å². The van der Waals surface area contributed by atoms with Gasteiger partial charge in [-0.15, -0.1) is 0 Å². The zero-order valence-electron chi connectivity index (χ0n) is 13.4. The third kappa shape index (κ3) is 3.67. The van der Waals surface area contributed by atoms with Crippen molar-refractivity contribution in [2.45, 2.75) is 19.4 Å². The molecule has 0 aromatic heterocycles. The van der Waals surface area contributed by atoms with Crippen molar-refractivity contribution in [3.05, 3.63) is 23.8 Å². The molecule has 2 rings (SSSR count). The number of amides is 1. The molecule has 0 aliphatic carbocycles. The highest BCUT2D eigenvalue weighted by Gasteiger charge is 2.25. The molecular formula is C16H26N4O. The zero-order chi connectivity index (χ0) is 15.6. The molecule has 0 saturated carbocycles. The highest BCUT2D eigenvalue weighted by atomic mass is 16.1. The van der Waals surface area contributed by atoms with Crippen LogP contribution in [0, 0.1) is 5.92 Å². The fraction of sp³-hybridized carbons (Fsp3) is 0.562. The number of anilines is 2. The first-order valence-corrected chi connectivity index (χ1v) is 7.44. The predicted octanol–water partition coefficient (Wildman–Crippen LogP) is 1.40. The van der Waals surface area contributed by atoms with Crippen molar-refractivity contribution in [2.24, 2.45) is 5.92 Å². The zero-order valence-corrected chi connectivity index (χ0v) is 13.4. The van der Waals surface area contributed by atoms with Gasteiger partial charge in [-0.05, 0) is 44.1 Å². The number of nitrogen functional groups attached to an aromatic ring is 1. The summed E-state index contributed by atoms with van der Waals surface area (Å²) in [4.78, 5) is 16.6. The Balaban J connectivity index is 2.05. The second-order valence-corrected chi connectivity index (χ2v) is 6.28. The van der Waals surface area contributed by atoms with Crippen LogP contribution in [-0.4, -0.2) is 51.1 Å². The van der Waals surface area contributed by atoms with Gasteiger partial charge < -0.3 is 20.9 Å². The van der Waals surface area contributed by atoms with E-state index in [0.29, 0.717) is 17.2 Å². The maximum absolute atomic E-state index is 12.4. The number of nitrogens with one attached hydrogen (secondary N) is 1. The summed E-state index contributed by atoms with van der Waals surface area (Å²) in [5.74, 6) is 0.430. The molecule has 116 valence electrons. The Labute approximate surface area is 127 Å². The molecule has 1 amide bonds. The minimum Gasteiger partial charge on any atom is -0.397 e. The van der Waals surface area contributed by atoms with Crippen LogP contribution in [0.3, 0.4) is 0 Å². The van der Waals surface area contributed by atoms with Crippen LogP contribution in [0.2, 0.25) is 0 Å². The number of rotatable bonds is 3. The van der Waals surface area contributed by atoms with Crippen LogP contribution in [0.5, 0.6) is 0 Å². The summed E-state index contributed by atoms with van der Waals surface area (Å²) in [6, 6.07) is 5.72. The van der Waals surface area contributed by atoms with Crippen molar-refractivity contribution < 1.29 is 4.79 Å². The summed E-state index contributed by atoms with van der Waals surface area (Å²) in [5.41, 5.74) is 8.20. The molecule has 21 heavy (non-hydrogen) atoms. The van der Waals surface area contributed by atoms with Gasteiger partial charge in [0.15, 0.2) is 0 Å². The highest BCUT2D eigenvalue weighted by molar-refractivity contribution is 5.96. The standard InChI is InChI=1S/C16H26N4O/c1-11-10-20(4)8-7-14(11)18-16(21)12-5-6-15(19(2)3)13(17)9-12/h5-6,9,11,14H,7-8,10,17H2,1-4H3,(H,18,21). The Morgan fingerprint density at radius 3 is 2.71 bits per heavy atom. The van der Waals surface area contributed by atoms with Gasteiger partial charge in [0.2, 0.25) is 0 Å². The number of likely N-dealkylation sites (tertiary alicyclic amines) is 1. The first-order valence-electron chi connectivity index (χ1n) is 7.44. The average molecular weight is 290 g/mol. The monoisotopic (exact) mass is 290 g/mol. The molecule has 0 radical (unpaired) electrons. The third-order valence-electron chi connectivity index (χ3n) is 4.20. The lowest BCUT2D eigenvalue weighted by Gasteiger charge is -2.35. The normalized spacial score (nSPS) is 22.9. The van der Waals surface area contributed by atoms with Gasteiger partial charge in [-0.25, -0.2) is 0 Å². The quantitative estimate of drug-likeness (QED) is 0.826. The molecule has 0 bridgehead atoms. The summed E-state index contributed by atoms with van der Waals surface area (Å²) in [7, 11) is 5.99. The molecule has 1 aliphatic heterocycles. The minimum atomic E-state index is -0.0339. The highest BCUT2D eigenvalue weighted by Crippen LogP contribution is 2.23. The van der Waals surface area contributed by atoms with E-state index in [4.69, 9.17) is 5.73 Å². The smallest absolute Gasteiger partial charge is 0.251 e. The van der Waals surface area contributed by atoms with Gasteiger partial charge in [0.1, 0.15) is 0 Å². The van der Waals surface area contributed by atoms with E-state index in [1.165, 1.54) is 0 Å². The van der Waals surface area contributed by atoms with E-state index in [-0.39, 0.29) is 11.9 Å². The first kappa shape index (κ1) is 15.6. The van der Waals surface area contributed by atoms with Crippen molar-refractivity contribution in [1.82, 2.24) is 10.2 Å². The third-order valence-corrected chi connectivity index (χ3v) is 4.20. The van der Waals surface area contributed by atoms with Gasteiger partial charge >= 0.3 is 0 Å². The van der Waals surface area contributed by atoms with E-state index in [9.17, 15) is 4.79 Å². The minimum absolute atomic E-state index is 0.0339. The van der Waals surface area contributed by atoms with E-state index in [0.717, 1.165) is 25.2 Å². The van der Waals surface area contributed by atoms with Gasteiger partial charge in [-0.1, -0.05) is 6.92 Å². The molecule has 5 heteroatoms. The van der Waals surface area contributed by atoms with Crippen molar-refractivity contribution in [3.8, 4) is 0 Å². The number of carbonyl (C=O) groups is 1. The van der Waals surface area contributed by atoms with E-state index >= 15 is 0 Å². The molecule has 1 aromatic rings. The summed E-state index contributed by atoms with van der Waals surface area (Å²) in [6.07, 6.45) is 0.995. The molecule has 1 aliphatic rings. The van der Waals surface area contributed by atoms with Gasteiger partial charge in [-0.2, -0.15) is 0 Å². The van der Waals surface area contributed by atoms with Crippen LogP contribution in [0.4, 0.5) is 11.4 Å². The number of hydrogen-bond donors (Lipinski definition) is 2. The second kappa shape index (κ2) is 6.35. The average Bonchev–Trinajstić information content (AvgIpc) is 2.41. The molecule has 5 nitrogen and oxygen atoms in total. The largest absolute Gasteiger partial charge is 0.397 e. The molecule has 1 heterocycles. The van der Waals surface area contributed by atoms with E-state index in [1.54, 1.807) is 6.07 Å². The predicted molar refractivity (Wildman–Crippen MR) is 87.7 cm³/mol. The van der Waals surface area contributed by atoms with Crippen LogP contribution in [-0.2, 0) is 0 Å². The lowest BCUT2D eigenvalue weighted by molar-refractivity contribution is 0.0884. The van der Waals surface area contributed by atoms with Crippen LogP contribution in [0.15, 0.2) is 18.2 Å². The van der Waals surface area contributed by atoms with Crippen LogP contribution >= 0.6 is 0 Å². The number of carbonyl (C=O) groups excluding carboxylic acids is 1. The van der Waals surface area contributed by atoms with Crippen molar-refractivity contribution in [1.29, 1.82) is 0 Å². The van der Waals surface area contributed by atoms with Crippen molar-refractivity contribution in [2.75, 3.05) is 44.9 Å². The van der Waals surface area contributed by atoms with Gasteiger partial charge in [0.25, 0.3) is 5.91 Å². The Morgan fingerprint density at radius 2 is 2.14 bits per heavy atom. The number of benzene rings is 1. The fourth-order valence-electron chi connectivity index (χ4n) is 2.92. The Hall–Kier alpha value is -1.75. The molecule has 2 unspecified atom stereocenters. The topological polar surface area (TPSA) is 61.6 Å². The first-order chi connectivity index (χ1) is 9.88. The number of nitrogens with two attached hydrogens (primary N) is 1. The summed E-state index contributed by atoms with van der Waals surface area (Å²) in [5, 5.41) is 3.15. The number of nitrogens with zero attached hydrogens (tertiary/aromatic N) is 2. The van der Waals surface area contributed by atoms with Crippen LogP contribution in [0.1, 0.15) is 23.7 Å². The number of piperidine rings is 1. The van der Waals surface area contributed by atoms with E-state index < -0.39 is 0 Å². The van der Waals surface area contributed by atoms with Crippen LogP contribution in [0.25, 0.3) is 0 Å². The molecule has 1 fully saturated rings. The lowest BCUT2D eigenvalue weighted by Crippen LogP contribution is -2.48. The SMILES string of the molecule is CC1CN(C)CCC1NC(=O)c1ccc(N(C)C)c(N)c1. The van der Waals surface area contributed by atoms with E-state index in [1.807, 2.05) is 31.1 Å². The molecule has 1 saturated heterocycles. The van der Waals surface area contributed by atoms with Gasteiger partial charge in [-0.3, -0.25) is 4.79 Å². The Morgan fingerprint density at radius 1 is 1.43 bits per heavy atom. The van der Waals surface area contributed by atoms with Gasteiger partial charge in [0.05, 0.1) is 11.4 Å². The molecule has 1 aromatic carbocycles. The lowest BCUT2D eigenvalue weighted by atomic mass is 9.94. The Kier molecular flexibility index (Phi) is 4.73. The van der Waals surface area contributed by atoms with E-state index in [2.05, 4.69) is 24.2 Å². The second-order valence-electron chi connectivity index (χ2n) is 6.28. The number of hydrogen-bond acceptors (Lipinski definition) is 4. The van der Waals surface area contributed by atoms with Gasteiger partial charge in [0, 0.05) is 32.2 Å². The summed E-state index contributed by atoms with van der Waals surface area (Å²) >= 11 is 0. The molecule has 3 N–H and O–H groups in total. The maximum Gasteiger partial charge on any atom is 0.251 e. The molecule has 2 atom stereocenters. The fourth-order valence-corrected chi connectivity index (χ4v) is 2.92. The van der Waals surface area contributed by atoms with Crippen molar-refractivity contribution >= 4 is 17.3 Å². The maximum atomic E-state index is 12.4. The summed E-state index contributed by atoms with van der Waals surface area (Å²) in [6.45, 7) is 4.23. The van der Waals surface area contributed by atoms with Crippen molar-refractivity contribution in [3.63, 3.8) is 0 Å². The Bertz CT molecular complexity index is 515. The summed E-state index contributed by atoms with van der Waals surface area (Å²) < 4.78 is 0. The molecular weight excluding hydrogens is 264 g/mol. The molecule has 0 spiro atoms.